The summed E-state index contributed by atoms with van der Waals surface area (Å²) in [5.74, 6) is -0.444. The number of hydrogen-bond donors (Lipinski definition) is 3. The smallest absolute Gasteiger partial charge is 0.330 e. The fourth-order valence-electron chi connectivity index (χ4n) is 2.76. The van der Waals surface area contributed by atoms with E-state index >= 15 is 0 Å². The van der Waals surface area contributed by atoms with Crippen molar-refractivity contribution in [1.82, 2.24) is 10.0 Å². The summed E-state index contributed by atoms with van der Waals surface area (Å²) in [6.45, 7) is 3.94. The van der Waals surface area contributed by atoms with E-state index in [0.29, 0.717) is 5.56 Å². The zero-order valence-electron chi connectivity index (χ0n) is 16.6. The molecule has 1 heterocycles. The molecule has 158 valence electrons. The van der Waals surface area contributed by atoms with Crippen molar-refractivity contribution in [2.45, 2.75) is 26.5 Å². The Kier molecular flexibility index (Phi) is 6.31. The number of nitrogens with zero attached hydrogens (tertiary/aromatic N) is 1. The number of amides is 1. The van der Waals surface area contributed by atoms with Crippen molar-refractivity contribution in [3.63, 3.8) is 0 Å². The van der Waals surface area contributed by atoms with Crippen molar-refractivity contribution >= 4 is 27.9 Å². The van der Waals surface area contributed by atoms with Crippen LogP contribution in [0.4, 0.5) is 5.69 Å². The Hall–Kier alpha value is -3.46. The van der Waals surface area contributed by atoms with E-state index in [2.05, 4.69) is 5.32 Å². The van der Waals surface area contributed by atoms with Crippen LogP contribution in [0.15, 0.2) is 66.7 Å². The molecule has 2 aromatic carbocycles. The second kappa shape index (κ2) is 8.91. The summed E-state index contributed by atoms with van der Waals surface area (Å²) in [5, 5.41) is 12.4. The molecule has 3 rings (SSSR count). The van der Waals surface area contributed by atoms with Gasteiger partial charge in [0.15, 0.2) is 0 Å². The Bertz CT molecular complexity index is 1080. The summed E-state index contributed by atoms with van der Waals surface area (Å²) >= 11 is 0. The molecule has 0 aliphatic carbocycles. The highest BCUT2D eigenvalue weighted by Crippen LogP contribution is 2.34. The van der Waals surface area contributed by atoms with Crippen LogP contribution in [0.3, 0.4) is 0 Å². The van der Waals surface area contributed by atoms with Gasteiger partial charge in [0.25, 0.3) is 0 Å². The van der Waals surface area contributed by atoms with Crippen LogP contribution in [-0.2, 0) is 21.6 Å². The quantitative estimate of drug-likeness (QED) is 0.587. The molecule has 30 heavy (non-hydrogen) atoms. The average Bonchev–Trinajstić information content (AvgIpc) is 2.97. The number of aliphatic hydroxyl groups is 1. The lowest BCUT2D eigenvalue weighted by atomic mass is 10.1. The highest BCUT2D eigenvalue weighted by Gasteiger charge is 2.31. The Labute approximate surface area is 175 Å². The van der Waals surface area contributed by atoms with E-state index in [1.54, 1.807) is 24.3 Å². The topological polar surface area (TPSA) is 108 Å². The van der Waals surface area contributed by atoms with Crippen molar-refractivity contribution in [1.29, 1.82) is 0 Å². The van der Waals surface area contributed by atoms with E-state index in [9.17, 15) is 18.3 Å². The van der Waals surface area contributed by atoms with Crippen LogP contribution in [0.2, 0.25) is 0 Å². The Morgan fingerprint density at radius 1 is 1.23 bits per heavy atom. The first kappa shape index (κ1) is 21.3. The number of nitrogens with one attached hydrogen (secondary N) is 2. The summed E-state index contributed by atoms with van der Waals surface area (Å²) in [5.41, 5.74) is 1.78. The van der Waals surface area contributed by atoms with Gasteiger partial charge in [-0.15, -0.1) is 0 Å². The van der Waals surface area contributed by atoms with Gasteiger partial charge < -0.3 is 15.2 Å². The molecule has 2 aromatic rings. The molecule has 1 aliphatic heterocycles. The van der Waals surface area contributed by atoms with Gasteiger partial charge in [0.2, 0.25) is 11.8 Å². The summed E-state index contributed by atoms with van der Waals surface area (Å²) in [7, 11) is -3.97. The third kappa shape index (κ3) is 5.32. The molecular formula is C21H23N3O5S. The lowest BCUT2D eigenvalue weighted by Gasteiger charge is -2.19. The summed E-state index contributed by atoms with van der Waals surface area (Å²) in [6, 6.07) is 14.3. The molecule has 1 amide bonds. The standard InChI is InChI=1S/C21H23N3O5S/c1-15(2)22-20(25)11-9-16-8-10-18(24-13-21(26)23-30(24,27)28)19(12-16)29-14-17-6-4-3-5-7-17/h3-13,15,23,26H,14H2,1-2H3,(H,22,25). The van der Waals surface area contributed by atoms with Crippen molar-refractivity contribution in [2.24, 2.45) is 0 Å². The number of ether oxygens (including phenoxy) is 1. The van der Waals surface area contributed by atoms with Gasteiger partial charge in [0, 0.05) is 12.1 Å². The highest BCUT2D eigenvalue weighted by molar-refractivity contribution is 7.91. The Morgan fingerprint density at radius 3 is 2.60 bits per heavy atom. The molecule has 0 atom stereocenters. The first-order valence-corrected chi connectivity index (χ1v) is 10.7. The molecule has 9 heteroatoms. The molecule has 1 aliphatic rings. The molecular weight excluding hydrogens is 406 g/mol. The van der Waals surface area contributed by atoms with E-state index in [0.717, 1.165) is 16.1 Å². The van der Waals surface area contributed by atoms with Crippen LogP contribution in [0.1, 0.15) is 25.0 Å². The SMILES string of the molecule is CC(C)NC(=O)C=Cc1ccc(N2C=C(O)NS2(=O)=O)c(OCc2ccccc2)c1. The van der Waals surface area contributed by atoms with Crippen LogP contribution in [0.5, 0.6) is 5.75 Å². The number of rotatable bonds is 7. The molecule has 0 spiro atoms. The van der Waals surface area contributed by atoms with Gasteiger partial charge in [-0.2, -0.15) is 8.42 Å². The van der Waals surface area contributed by atoms with Crippen LogP contribution in [0.25, 0.3) is 6.08 Å². The Morgan fingerprint density at radius 2 is 1.97 bits per heavy atom. The third-order valence-electron chi connectivity index (χ3n) is 4.05. The van der Waals surface area contributed by atoms with E-state index in [1.165, 1.54) is 6.08 Å². The number of carbonyl (C=O) groups is 1. The number of carbonyl (C=O) groups excluding carboxylic acids is 1. The fraction of sp³-hybridized carbons (Fsp3) is 0.190. The maximum atomic E-state index is 12.3. The lowest BCUT2D eigenvalue weighted by molar-refractivity contribution is -0.116. The predicted octanol–water partition coefficient (Wildman–Crippen LogP) is 2.81. The number of hydrogen-bond acceptors (Lipinski definition) is 5. The molecule has 0 fully saturated rings. The number of anilines is 1. The molecule has 0 bridgehead atoms. The summed E-state index contributed by atoms with van der Waals surface area (Å²) in [6.07, 6.45) is 4.07. The van der Waals surface area contributed by atoms with Crippen LogP contribution in [-0.4, -0.2) is 25.5 Å². The molecule has 0 saturated carbocycles. The first-order valence-electron chi connectivity index (χ1n) is 9.27. The highest BCUT2D eigenvalue weighted by atomic mass is 32.2. The maximum Gasteiger partial charge on any atom is 0.330 e. The van der Waals surface area contributed by atoms with E-state index < -0.39 is 16.1 Å². The van der Waals surface area contributed by atoms with Gasteiger partial charge in [-0.3, -0.25) is 4.79 Å². The second-order valence-electron chi connectivity index (χ2n) is 6.92. The molecule has 0 saturated heterocycles. The van der Waals surface area contributed by atoms with Gasteiger partial charge >= 0.3 is 10.2 Å². The molecule has 8 nitrogen and oxygen atoms in total. The van der Waals surface area contributed by atoms with Crippen molar-refractivity contribution in [2.75, 3.05) is 4.31 Å². The van der Waals surface area contributed by atoms with E-state index in [4.69, 9.17) is 4.74 Å². The first-order chi connectivity index (χ1) is 14.2. The van der Waals surface area contributed by atoms with E-state index in [1.807, 2.05) is 48.9 Å². The molecule has 0 radical (unpaired) electrons. The average molecular weight is 429 g/mol. The summed E-state index contributed by atoms with van der Waals surface area (Å²) < 4.78 is 33.4. The van der Waals surface area contributed by atoms with Crippen LogP contribution >= 0.6 is 0 Å². The van der Waals surface area contributed by atoms with Gasteiger partial charge in [0.1, 0.15) is 18.0 Å². The minimum atomic E-state index is -3.97. The number of aliphatic hydroxyl groups excluding tert-OH is 1. The van der Waals surface area contributed by atoms with Crippen molar-refractivity contribution in [3.8, 4) is 5.75 Å². The van der Waals surface area contributed by atoms with Gasteiger partial charge in [0.05, 0.1) is 6.20 Å². The zero-order chi connectivity index (χ0) is 21.7. The lowest BCUT2D eigenvalue weighted by Crippen LogP contribution is -2.29. The third-order valence-corrected chi connectivity index (χ3v) is 5.34. The van der Waals surface area contributed by atoms with Crippen molar-refractivity contribution in [3.05, 3.63) is 77.8 Å². The zero-order valence-corrected chi connectivity index (χ0v) is 17.4. The molecule has 3 N–H and O–H groups in total. The predicted molar refractivity (Wildman–Crippen MR) is 115 cm³/mol. The minimum absolute atomic E-state index is 0.0154. The van der Waals surface area contributed by atoms with E-state index in [-0.39, 0.29) is 30.0 Å². The fourth-order valence-corrected chi connectivity index (χ4v) is 3.82. The van der Waals surface area contributed by atoms with Gasteiger partial charge in [-0.05, 0) is 43.2 Å². The normalized spacial score (nSPS) is 15.2. The minimum Gasteiger partial charge on any atom is -0.493 e. The molecule has 0 aromatic heterocycles. The largest absolute Gasteiger partial charge is 0.493 e. The molecule has 0 unspecified atom stereocenters. The van der Waals surface area contributed by atoms with Crippen molar-refractivity contribution < 1.29 is 23.1 Å². The monoisotopic (exact) mass is 429 g/mol. The summed E-state index contributed by atoms with van der Waals surface area (Å²) in [4.78, 5) is 11.9. The van der Waals surface area contributed by atoms with Crippen LogP contribution in [0, 0.1) is 0 Å². The number of benzene rings is 2. The Balaban J connectivity index is 1.91. The van der Waals surface area contributed by atoms with Gasteiger partial charge in [-0.25, -0.2) is 9.03 Å². The van der Waals surface area contributed by atoms with Gasteiger partial charge in [-0.1, -0.05) is 36.4 Å². The second-order valence-corrected chi connectivity index (χ2v) is 8.46. The maximum absolute atomic E-state index is 12.3. The van der Waals surface area contributed by atoms with Crippen LogP contribution < -0.4 is 19.1 Å².